The van der Waals surface area contributed by atoms with Crippen LogP contribution in [0.2, 0.25) is 0 Å². The van der Waals surface area contributed by atoms with E-state index in [1.807, 2.05) is 46.3 Å². The average Bonchev–Trinajstić information content (AvgIpc) is 3.20. The number of likely N-dealkylation sites (N-methyl/N-ethyl adjacent to an activating group) is 1. The second-order valence-corrected chi connectivity index (χ2v) is 12.7. The first-order chi connectivity index (χ1) is 19.3. The summed E-state index contributed by atoms with van der Waals surface area (Å²) in [6.45, 7) is 3.87. The molecule has 9 heteroatoms. The molecular formula is C32H44N3O6+. The highest BCUT2D eigenvalue weighted by Crippen LogP contribution is 2.33. The van der Waals surface area contributed by atoms with E-state index in [1.165, 1.54) is 6.92 Å². The van der Waals surface area contributed by atoms with Crippen molar-refractivity contribution in [1.29, 1.82) is 0 Å². The van der Waals surface area contributed by atoms with Crippen LogP contribution in [-0.2, 0) is 31.9 Å². The highest BCUT2D eigenvalue weighted by Gasteiger charge is 2.29. The minimum Gasteiger partial charge on any atom is -0.462 e. The molecule has 222 valence electrons. The normalized spacial score (nSPS) is 19.8. The second-order valence-electron chi connectivity index (χ2n) is 12.7. The van der Waals surface area contributed by atoms with Gasteiger partial charge in [-0.2, -0.15) is 0 Å². The van der Waals surface area contributed by atoms with E-state index >= 15 is 0 Å². The summed E-state index contributed by atoms with van der Waals surface area (Å²) in [6, 6.07) is 7.72. The molecule has 1 fully saturated rings. The van der Waals surface area contributed by atoms with Gasteiger partial charge in [0.25, 0.3) is 0 Å². The predicted octanol–water partition coefficient (Wildman–Crippen LogP) is 4.08. The number of ether oxygens (including phenoxy) is 2. The van der Waals surface area contributed by atoms with Gasteiger partial charge in [0.05, 0.1) is 27.6 Å². The van der Waals surface area contributed by atoms with Crippen LogP contribution in [0.4, 0.5) is 0 Å². The summed E-state index contributed by atoms with van der Waals surface area (Å²) in [7, 11) is 5.95. The number of quaternary nitrogens is 1. The fourth-order valence-corrected chi connectivity index (χ4v) is 6.39. The molecule has 2 aliphatic carbocycles. The average molecular weight is 567 g/mol. The molecule has 1 heterocycles. The number of Topliss-reactive ketones (excluding diaryl/α,β-unsaturated/α-hetero) is 1. The number of fused-ring (bicyclic) bond motifs is 1. The van der Waals surface area contributed by atoms with Crippen molar-refractivity contribution in [2.45, 2.75) is 83.8 Å². The minimum atomic E-state index is -0.525. The number of carbonyl (C=O) groups is 4. The standard InChI is InChI=1S/C32H43N3O6/c1-20-15-28-29(7-6-8-30(28)37)34(20)24-11-14-27(32(33)39)23(17-24)16-22-9-12-25(13-10-22)41-31(38)18-26(40-21(2)36)19-35(3,4)5/h11,14-15,17,22,25-26H,6-10,12-13,16,18-19H2,1-5H3,(H-,33,39)/p+1. The number of nitrogens with two attached hydrogens (primary N) is 1. The maximum atomic E-state index is 12.7. The molecule has 9 nitrogen and oxygen atoms in total. The molecule has 4 rings (SSSR count). The van der Waals surface area contributed by atoms with E-state index in [4.69, 9.17) is 15.2 Å². The zero-order valence-corrected chi connectivity index (χ0v) is 25.0. The Kier molecular flexibility index (Phi) is 9.37. The first-order valence-electron chi connectivity index (χ1n) is 14.7. The molecule has 1 aromatic heterocycles. The van der Waals surface area contributed by atoms with Gasteiger partial charge in [0, 0.05) is 41.5 Å². The Bertz CT molecular complexity index is 1310. The zero-order chi connectivity index (χ0) is 29.9. The maximum absolute atomic E-state index is 12.7. The Morgan fingerprint density at radius 3 is 2.41 bits per heavy atom. The summed E-state index contributed by atoms with van der Waals surface area (Å²) in [4.78, 5) is 49.0. The van der Waals surface area contributed by atoms with E-state index in [0.717, 1.165) is 66.7 Å². The van der Waals surface area contributed by atoms with Gasteiger partial charge in [-0.15, -0.1) is 0 Å². The van der Waals surface area contributed by atoms with Crippen LogP contribution in [-0.4, -0.2) is 72.6 Å². The van der Waals surface area contributed by atoms with Crippen LogP contribution >= 0.6 is 0 Å². The Morgan fingerprint density at radius 1 is 1.07 bits per heavy atom. The molecule has 0 aliphatic heterocycles. The Balaban J connectivity index is 1.40. The van der Waals surface area contributed by atoms with Crippen molar-refractivity contribution in [1.82, 2.24) is 4.57 Å². The van der Waals surface area contributed by atoms with Gasteiger partial charge in [-0.05, 0) is 87.6 Å². The number of aryl methyl sites for hydroxylation is 1. The van der Waals surface area contributed by atoms with Crippen LogP contribution in [0.5, 0.6) is 0 Å². The molecule has 0 saturated heterocycles. The summed E-state index contributed by atoms with van der Waals surface area (Å²) >= 11 is 0. The van der Waals surface area contributed by atoms with E-state index in [0.29, 0.717) is 35.4 Å². The number of ketones is 1. The van der Waals surface area contributed by atoms with Gasteiger partial charge in [-0.1, -0.05) is 0 Å². The third-order valence-corrected chi connectivity index (χ3v) is 8.10. The molecule has 0 bridgehead atoms. The third-order valence-electron chi connectivity index (χ3n) is 8.10. The molecule has 1 atom stereocenters. The lowest BCUT2D eigenvalue weighted by atomic mass is 9.82. The van der Waals surface area contributed by atoms with Crippen molar-refractivity contribution >= 4 is 23.6 Å². The van der Waals surface area contributed by atoms with Crippen molar-refractivity contribution < 1.29 is 33.1 Å². The number of esters is 2. The van der Waals surface area contributed by atoms with Crippen LogP contribution in [0, 0.1) is 12.8 Å². The molecule has 1 unspecified atom stereocenters. The number of hydrogen-bond donors (Lipinski definition) is 1. The zero-order valence-electron chi connectivity index (χ0n) is 25.0. The van der Waals surface area contributed by atoms with Gasteiger partial charge < -0.3 is 24.3 Å². The molecule has 41 heavy (non-hydrogen) atoms. The predicted molar refractivity (Wildman–Crippen MR) is 155 cm³/mol. The Morgan fingerprint density at radius 2 is 1.78 bits per heavy atom. The molecule has 1 saturated carbocycles. The van der Waals surface area contributed by atoms with Crippen molar-refractivity contribution in [3.8, 4) is 5.69 Å². The summed E-state index contributed by atoms with van der Waals surface area (Å²) in [5, 5.41) is 0. The van der Waals surface area contributed by atoms with Crippen molar-refractivity contribution in [2.24, 2.45) is 11.7 Å². The van der Waals surface area contributed by atoms with Crippen LogP contribution in [0.25, 0.3) is 5.69 Å². The van der Waals surface area contributed by atoms with E-state index < -0.39 is 18.0 Å². The van der Waals surface area contributed by atoms with Crippen molar-refractivity contribution in [3.05, 3.63) is 52.3 Å². The molecule has 0 radical (unpaired) electrons. The summed E-state index contributed by atoms with van der Waals surface area (Å²) < 4.78 is 13.8. The Labute approximate surface area is 242 Å². The van der Waals surface area contributed by atoms with Gasteiger partial charge in [-0.3, -0.25) is 19.2 Å². The largest absolute Gasteiger partial charge is 0.462 e. The highest BCUT2D eigenvalue weighted by molar-refractivity contribution is 5.99. The SMILES string of the molecule is CC(=O)OC(CC(=O)OC1CCC(Cc2cc(-n3c(C)cc4c3CCCC4=O)ccc2C(N)=O)CC1)C[N+](C)(C)C. The van der Waals surface area contributed by atoms with Gasteiger partial charge in [0.1, 0.15) is 12.6 Å². The lowest BCUT2D eigenvalue weighted by molar-refractivity contribution is -0.873. The van der Waals surface area contributed by atoms with Gasteiger partial charge in [-0.25, -0.2) is 0 Å². The number of amides is 1. The van der Waals surface area contributed by atoms with Crippen LogP contribution in [0.3, 0.4) is 0 Å². The van der Waals surface area contributed by atoms with Crippen molar-refractivity contribution in [3.63, 3.8) is 0 Å². The fraction of sp³-hybridized carbons (Fsp3) is 0.562. The van der Waals surface area contributed by atoms with E-state index in [2.05, 4.69) is 4.57 Å². The first kappa shape index (κ1) is 30.5. The van der Waals surface area contributed by atoms with Gasteiger partial charge in [0.2, 0.25) is 5.91 Å². The topological polar surface area (TPSA) is 118 Å². The van der Waals surface area contributed by atoms with Crippen LogP contribution < -0.4 is 5.73 Å². The number of aromatic nitrogens is 1. The number of rotatable bonds is 10. The second kappa shape index (κ2) is 12.6. The fourth-order valence-electron chi connectivity index (χ4n) is 6.39. The molecule has 1 aromatic carbocycles. The van der Waals surface area contributed by atoms with Gasteiger partial charge >= 0.3 is 11.9 Å². The smallest absolute Gasteiger partial charge is 0.310 e. The summed E-state index contributed by atoms with van der Waals surface area (Å²) in [6.07, 6.45) is 5.52. The number of primary amides is 1. The Hall–Kier alpha value is -3.46. The maximum Gasteiger partial charge on any atom is 0.310 e. The molecular weight excluding hydrogens is 522 g/mol. The number of nitrogens with zero attached hydrogens (tertiary/aromatic N) is 2. The molecule has 1 amide bonds. The molecule has 2 aliphatic rings. The lowest BCUT2D eigenvalue weighted by Gasteiger charge is -2.30. The minimum absolute atomic E-state index is 0.0396. The quantitative estimate of drug-likeness (QED) is 0.342. The number of benzene rings is 1. The van der Waals surface area contributed by atoms with Crippen LogP contribution in [0.15, 0.2) is 24.3 Å². The first-order valence-corrected chi connectivity index (χ1v) is 14.7. The van der Waals surface area contributed by atoms with E-state index in [-0.39, 0.29) is 24.3 Å². The van der Waals surface area contributed by atoms with Crippen LogP contribution in [0.1, 0.15) is 89.5 Å². The summed E-state index contributed by atoms with van der Waals surface area (Å²) in [5.41, 5.74) is 11.0. The molecule has 0 spiro atoms. The summed E-state index contributed by atoms with van der Waals surface area (Å²) in [5.74, 6) is -0.689. The highest BCUT2D eigenvalue weighted by atomic mass is 16.6. The monoisotopic (exact) mass is 566 g/mol. The number of hydrogen-bond acceptors (Lipinski definition) is 6. The van der Waals surface area contributed by atoms with E-state index in [9.17, 15) is 19.2 Å². The third kappa shape index (κ3) is 7.85. The number of carbonyl (C=O) groups excluding carboxylic acids is 4. The van der Waals surface area contributed by atoms with E-state index in [1.54, 1.807) is 6.07 Å². The van der Waals surface area contributed by atoms with Crippen molar-refractivity contribution in [2.75, 3.05) is 27.7 Å². The molecule has 2 aromatic rings. The van der Waals surface area contributed by atoms with Gasteiger partial charge in [0.15, 0.2) is 11.9 Å². The lowest BCUT2D eigenvalue weighted by Crippen LogP contribution is -2.44. The molecule has 2 N–H and O–H groups in total.